The normalized spacial score (nSPS) is 10.8. The smallest absolute Gasteiger partial charge is 0.343 e. The minimum atomic E-state index is -0.417. The third-order valence-electron chi connectivity index (χ3n) is 3.43. The van der Waals surface area contributed by atoms with Crippen molar-refractivity contribution >= 4 is 23.8 Å². The number of carbonyl (C=O) groups is 1. The van der Waals surface area contributed by atoms with Crippen LogP contribution in [-0.2, 0) is 6.54 Å². The molecule has 0 saturated carbocycles. The van der Waals surface area contributed by atoms with Crippen molar-refractivity contribution in [1.29, 1.82) is 0 Å². The van der Waals surface area contributed by atoms with Gasteiger partial charge < -0.3 is 4.74 Å². The van der Waals surface area contributed by atoms with Gasteiger partial charge in [0.25, 0.3) is 0 Å². The fourth-order valence-electron chi connectivity index (χ4n) is 2.12. The summed E-state index contributed by atoms with van der Waals surface area (Å²) in [5.41, 5.74) is 2.48. The van der Waals surface area contributed by atoms with E-state index in [9.17, 15) is 4.79 Å². The first-order chi connectivity index (χ1) is 12.2. The van der Waals surface area contributed by atoms with Crippen LogP contribution in [0.4, 0.5) is 0 Å². The van der Waals surface area contributed by atoms with Crippen LogP contribution in [0.5, 0.6) is 5.75 Å². The molecule has 124 valence electrons. The molecule has 0 unspecified atom stereocenters. The molecule has 0 spiro atoms. The highest BCUT2D eigenvalue weighted by atomic mass is 35.5. The van der Waals surface area contributed by atoms with E-state index in [1.54, 1.807) is 55.0 Å². The van der Waals surface area contributed by atoms with E-state index in [1.165, 1.54) is 0 Å². The number of pyridine rings is 1. The van der Waals surface area contributed by atoms with Gasteiger partial charge in [-0.1, -0.05) is 23.7 Å². The van der Waals surface area contributed by atoms with Gasteiger partial charge in [0.05, 0.1) is 12.1 Å². The van der Waals surface area contributed by atoms with E-state index < -0.39 is 5.97 Å². The summed E-state index contributed by atoms with van der Waals surface area (Å²) in [4.78, 5) is 20.4. The van der Waals surface area contributed by atoms with Crippen molar-refractivity contribution in [2.75, 3.05) is 0 Å². The van der Waals surface area contributed by atoms with Crippen molar-refractivity contribution in [2.45, 2.75) is 6.54 Å². The number of ether oxygens (including phenoxy) is 1. The molecule has 1 aromatic heterocycles. The topological polar surface area (TPSA) is 51.5 Å². The van der Waals surface area contributed by atoms with Gasteiger partial charge in [-0.05, 0) is 59.7 Å². The number of rotatable bonds is 5. The lowest BCUT2D eigenvalue weighted by Gasteiger charge is -2.05. The fourth-order valence-corrected chi connectivity index (χ4v) is 2.25. The van der Waals surface area contributed by atoms with Gasteiger partial charge in [-0.2, -0.15) is 0 Å². The summed E-state index contributed by atoms with van der Waals surface area (Å²) >= 11 is 5.81. The molecule has 1 heterocycles. The molecule has 3 aromatic rings. The molecule has 0 bridgehead atoms. The van der Waals surface area contributed by atoms with Crippen molar-refractivity contribution in [3.63, 3.8) is 0 Å². The number of halogens is 1. The zero-order valence-corrected chi connectivity index (χ0v) is 14.1. The van der Waals surface area contributed by atoms with Gasteiger partial charge in [0, 0.05) is 23.6 Å². The lowest BCUT2D eigenvalue weighted by Crippen LogP contribution is -2.08. The lowest BCUT2D eigenvalue weighted by molar-refractivity contribution is 0.0735. The van der Waals surface area contributed by atoms with Crippen LogP contribution in [0.15, 0.2) is 78.0 Å². The Bertz CT molecular complexity index is 860. The van der Waals surface area contributed by atoms with Crippen molar-refractivity contribution in [1.82, 2.24) is 4.98 Å². The van der Waals surface area contributed by atoms with Crippen LogP contribution in [0.2, 0.25) is 5.02 Å². The summed E-state index contributed by atoms with van der Waals surface area (Å²) in [5, 5.41) is 0.577. The molecule has 3 rings (SSSR count). The molecule has 4 nitrogen and oxygen atoms in total. The van der Waals surface area contributed by atoms with Crippen LogP contribution in [0.3, 0.4) is 0 Å². The number of aromatic nitrogens is 1. The maximum atomic E-state index is 12.0. The monoisotopic (exact) mass is 350 g/mol. The number of carbonyl (C=O) groups excluding carboxylic acids is 1. The first-order valence-corrected chi connectivity index (χ1v) is 8.05. The van der Waals surface area contributed by atoms with Crippen LogP contribution in [0, 0.1) is 0 Å². The number of hydrogen-bond acceptors (Lipinski definition) is 4. The predicted octanol–water partition coefficient (Wildman–Crippen LogP) is 4.57. The zero-order valence-electron chi connectivity index (χ0n) is 13.3. The van der Waals surface area contributed by atoms with Gasteiger partial charge in [0.15, 0.2) is 0 Å². The van der Waals surface area contributed by atoms with Gasteiger partial charge in [-0.15, -0.1) is 0 Å². The highest BCUT2D eigenvalue weighted by Gasteiger charge is 2.08. The van der Waals surface area contributed by atoms with Crippen LogP contribution in [-0.4, -0.2) is 17.2 Å². The SMILES string of the molecule is O=C(Oc1ccc(CN=Cc2ccncc2)cc1)c1ccc(Cl)cc1. The Morgan fingerprint density at radius 1 is 1.00 bits per heavy atom. The highest BCUT2D eigenvalue weighted by Crippen LogP contribution is 2.16. The summed E-state index contributed by atoms with van der Waals surface area (Å²) in [6.45, 7) is 0.549. The van der Waals surface area contributed by atoms with Crippen LogP contribution < -0.4 is 4.74 Å². The number of hydrogen-bond donors (Lipinski definition) is 0. The number of benzene rings is 2. The lowest BCUT2D eigenvalue weighted by atomic mass is 10.2. The Kier molecular flexibility index (Phi) is 5.54. The number of nitrogens with zero attached hydrogens (tertiary/aromatic N) is 2. The second kappa shape index (κ2) is 8.22. The Morgan fingerprint density at radius 2 is 1.68 bits per heavy atom. The standard InChI is InChI=1S/C20H15ClN2O2/c21-18-5-3-17(4-6-18)20(24)25-19-7-1-15(2-8-19)13-23-14-16-9-11-22-12-10-16/h1-12,14H,13H2. The Hall–Kier alpha value is -2.98. The van der Waals surface area contributed by atoms with Crippen LogP contribution in [0.25, 0.3) is 0 Å². The summed E-state index contributed by atoms with van der Waals surface area (Å²) in [7, 11) is 0. The fraction of sp³-hybridized carbons (Fsp3) is 0.0500. The summed E-state index contributed by atoms with van der Waals surface area (Å²) in [5.74, 6) is 0.0712. The van der Waals surface area contributed by atoms with Crippen molar-refractivity contribution in [2.24, 2.45) is 4.99 Å². The summed E-state index contributed by atoms with van der Waals surface area (Å²) in [6.07, 6.45) is 5.26. The molecule has 25 heavy (non-hydrogen) atoms. The quantitative estimate of drug-likeness (QED) is 0.384. The third-order valence-corrected chi connectivity index (χ3v) is 3.69. The molecule has 2 aromatic carbocycles. The second-order valence-corrected chi connectivity index (χ2v) is 5.73. The molecule has 0 fully saturated rings. The Morgan fingerprint density at radius 3 is 2.36 bits per heavy atom. The zero-order chi connectivity index (χ0) is 17.5. The van der Waals surface area contributed by atoms with Gasteiger partial charge >= 0.3 is 5.97 Å². The molecule has 0 saturated heterocycles. The van der Waals surface area contributed by atoms with Crippen LogP contribution >= 0.6 is 11.6 Å². The van der Waals surface area contributed by atoms with E-state index >= 15 is 0 Å². The van der Waals surface area contributed by atoms with E-state index in [-0.39, 0.29) is 0 Å². The van der Waals surface area contributed by atoms with Crippen molar-refractivity contribution < 1.29 is 9.53 Å². The van der Waals surface area contributed by atoms with Gasteiger partial charge in [0.2, 0.25) is 0 Å². The maximum absolute atomic E-state index is 12.0. The van der Waals surface area contributed by atoms with Gasteiger partial charge in [-0.3, -0.25) is 9.98 Å². The van der Waals surface area contributed by atoms with E-state index in [0.29, 0.717) is 22.9 Å². The van der Waals surface area contributed by atoms with Crippen molar-refractivity contribution in [3.8, 4) is 5.75 Å². The summed E-state index contributed by atoms with van der Waals surface area (Å²) in [6, 6.07) is 17.6. The highest BCUT2D eigenvalue weighted by molar-refractivity contribution is 6.30. The Balaban J connectivity index is 1.57. The Labute approximate surface area is 150 Å². The minimum Gasteiger partial charge on any atom is -0.423 e. The number of aliphatic imine (C=N–C) groups is 1. The molecular formula is C20H15ClN2O2. The summed E-state index contributed by atoms with van der Waals surface area (Å²) < 4.78 is 5.34. The number of esters is 1. The van der Waals surface area contributed by atoms with E-state index in [4.69, 9.17) is 16.3 Å². The average Bonchev–Trinajstić information content (AvgIpc) is 2.64. The van der Waals surface area contributed by atoms with Crippen LogP contribution in [0.1, 0.15) is 21.5 Å². The molecule has 0 amide bonds. The molecular weight excluding hydrogens is 336 g/mol. The molecule has 0 N–H and O–H groups in total. The van der Waals surface area contributed by atoms with E-state index in [2.05, 4.69) is 9.98 Å². The molecule has 0 radical (unpaired) electrons. The second-order valence-electron chi connectivity index (χ2n) is 5.29. The van der Waals surface area contributed by atoms with E-state index in [1.807, 2.05) is 24.3 Å². The molecule has 0 atom stereocenters. The largest absolute Gasteiger partial charge is 0.423 e. The third kappa shape index (κ3) is 4.99. The average molecular weight is 351 g/mol. The molecule has 0 aliphatic carbocycles. The van der Waals surface area contributed by atoms with Crippen molar-refractivity contribution in [3.05, 3.63) is 94.8 Å². The first kappa shape index (κ1) is 16.9. The first-order valence-electron chi connectivity index (χ1n) is 7.67. The predicted molar refractivity (Wildman–Crippen MR) is 98.4 cm³/mol. The van der Waals surface area contributed by atoms with Gasteiger partial charge in [0.1, 0.15) is 5.75 Å². The van der Waals surface area contributed by atoms with E-state index in [0.717, 1.165) is 11.1 Å². The minimum absolute atomic E-state index is 0.417. The van der Waals surface area contributed by atoms with Gasteiger partial charge in [-0.25, -0.2) is 4.79 Å². The maximum Gasteiger partial charge on any atom is 0.343 e. The molecule has 0 aliphatic rings. The molecule has 0 aliphatic heterocycles. The molecule has 5 heteroatoms.